The van der Waals surface area contributed by atoms with Gasteiger partial charge in [0.25, 0.3) is 10.1 Å². The number of rotatable bonds is 6. The maximum absolute atomic E-state index is 14.8. The lowest BCUT2D eigenvalue weighted by Crippen LogP contribution is -2.23. The maximum Gasteiger partial charge on any atom is 0.297 e. The zero-order valence-electron chi connectivity index (χ0n) is 18.9. The van der Waals surface area contributed by atoms with Crippen LogP contribution in [0.25, 0.3) is 22.3 Å². The molecule has 4 nitrogen and oxygen atoms in total. The van der Waals surface area contributed by atoms with Crippen LogP contribution in [0.3, 0.4) is 0 Å². The van der Waals surface area contributed by atoms with Crippen molar-refractivity contribution in [3.05, 3.63) is 108 Å². The van der Waals surface area contributed by atoms with E-state index in [0.717, 1.165) is 28.3 Å². The van der Waals surface area contributed by atoms with Crippen molar-refractivity contribution in [2.45, 2.75) is 24.3 Å². The Morgan fingerprint density at radius 3 is 2.34 bits per heavy atom. The molecular weight excluding hydrogens is 470 g/mol. The second kappa shape index (κ2) is 9.24. The molecule has 4 aromatic rings. The monoisotopic (exact) mass is 492 g/mol. The fourth-order valence-electron chi connectivity index (χ4n) is 4.17. The van der Waals surface area contributed by atoms with Crippen molar-refractivity contribution in [1.29, 1.82) is 0 Å². The minimum atomic E-state index is -3.96. The van der Waals surface area contributed by atoms with Gasteiger partial charge in [-0.1, -0.05) is 48.0 Å². The summed E-state index contributed by atoms with van der Waals surface area (Å²) in [5.74, 6) is -0.935. The molecule has 1 atom stereocenters. The number of hydrogen-bond acceptors (Lipinski definition) is 4. The van der Waals surface area contributed by atoms with Crippen LogP contribution in [0.4, 0.5) is 8.78 Å². The Balaban J connectivity index is 1.46. The summed E-state index contributed by atoms with van der Waals surface area (Å²) in [5.41, 5.74) is 4.19. The van der Waals surface area contributed by atoms with Gasteiger partial charge < -0.3 is 4.74 Å². The summed E-state index contributed by atoms with van der Waals surface area (Å²) in [6, 6.07) is 23.2. The summed E-state index contributed by atoms with van der Waals surface area (Å²) < 4.78 is 64.9. The Bertz CT molecular complexity index is 1480. The predicted octanol–water partition coefficient (Wildman–Crippen LogP) is 6.32. The van der Waals surface area contributed by atoms with E-state index in [-0.39, 0.29) is 17.1 Å². The molecule has 0 aromatic heterocycles. The highest BCUT2D eigenvalue weighted by Gasteiger charge is 2.30. The highest BCUT2D eigenvalue weighted by Crippen LogP contribution is 2.43. The van der Waals surface area contributed by atoms with Crippen molar-refractivity contribution in [1.82, 2.24) is 0 Å². The van der Waals surface area contributed by atoms with E-state index in [1.165, 1.54) is 24.3 Å². The molecule has 1 aliphatic heterocycles. The van der Waals surface area contributed by atoms with Crippen molar-refractivity contribution in [3.8, 4) is 28.0 Å². The smallest absolute Gasteiger partial charge is 0.297 e. The van der Waals surface area contributed by atoms with Crippen LogP contribution in [0.1, 0.15) is 11.1 Å². The van der Waals surface area contributed by atoms with E-state index >= 15 is 0 Å². The van der Waals surface area contributed by atoms with Crippen molar-refractivity contribution < 1.29 is 26.1 Å². The zero-order valence-corrected chi connectivity index (χ0v) is 19.7. The molecule has 0 spiro atoms. The highest BCUT2D eigenvalue weighted by molar-refractivity contribution is 7.86. The lowest BCUT2D eigenvalue weighted by atomic mass is 9.94. The molecule has 1 heterocycles. The third-order valence-electron chi connectivity index (χ3n) is 5.95. The molecule has 4 aromatic carbocycles. The molecule has 35 heavy (non-hydrogen) atoms. The van der Waals surface area contributed by atoms with Crippen LogP contribution in [0.15, 0.2) is 89.8 Å². The van der Waals surface area contributed by atoms with Gasteiger partial charge in [0.2, 0.25) is 0 Å². The molecule has 7 heteroatoms. The molecule has 5 rings (SSSR count). The Labute approximate surface area is 202 Å². The first kappa shape index (κ1) is 23.2. The molecule has 0 amide bonds. The first-order chi connectivity index (χ1) is 16.8. The van der Waals surface area contributed by atoms with Gasteiger partial charge in [0, 0.05) is 23.6 Å². The van der Waals surface area contributed by atoms with Crippen molar-refractivity contribution in [2.24, 2.45) is 0 Å². The minimum Gasteiger partial charge on any atom is -0.487 e. The Hall–Kier alpha value is -3.55. The van der Waals surface area contributed by atoms with Gasteiger partial charge >= 0.3 is 0 Å². The number of ether oxygens (including phenoxy) is 1. The number of fused-ring (bicyclic) bond motifs is 1. The van der Waals surface area contributed by atoms with Gasteiger partial charge in [0.15, 0.2) is 0 Å². The molecule has 0 saturated carbocycles. The zero-order chi connectivity index (χ0) is 24.6. The van der Waals surface area contributed by atoms with E-state index in [1.54, 1.807) is 18.2 Å². The molecular formula is C28H22F2O4S. The lowest BCUT2D eigenvalue weighted by molar-refractivity contribution is 0.152. The normalized spacial score (nSPS) is 15.0. The van der Waals surface area contributed by atoms with Gasteiger partial charge in [-0.3, -0.25) is 4.18 Å². The molecule has 0 bridgehead atoms. The van der Waals surface area contributed by atoms with Gasteiger partial charge in [0.1, 0.15) is 30.1 Å². The first-order valence-electron chi connectivity index (χ1n) is 11.1. The van der Waals surface area contributed by atoms with Gasteiger partial charge in [-0.25, -0.2) is 8.78 Å². The second-order valence-corrected chi connectivity index (χ2v) is 10.1. The summed E-state index contributed by atoms with van der Waals surface area (Å²) in [4.78, 5) is 0.0686. The average molecular weight is 493 g/mol. The standard InChI is InChI=1S/C28H22F2O4S/c1-18-7-10-24(11-8-18)35(31,32)33-17-23-14-21-13-20(19-5-3-2-4-6-19)15-26(28(21)34-23)25-12-9-22(29)16-27(25)30/h2-13,15-16,23H,14,17H2,1H3. The van der Waals surface area contributed by atoms with Crippen LogP contribution in [0.2, 0.25) is 0 Å². The van der Waals surface area contributed by atoms with Crippen LogP contribution < -0.4 is 4.74 Å². The quantitative estimate of drug-likeness (QED) is 0.296. The van der Waals surface area contributed by atoms with Crippen molar-refractivity contribution in [2.75, 3.05) is 6.61 Å². The van der Waals surface area contributed by atoms with Crippen LogP contribution in [0.5, 0.6) is 5.75 Å². The number of aryl methyl sites for hydroxylation is 1. The first-order valence-corrected chi connectivity index (χ1v) is 12.5. The van der Waals surface area contributed by atoms with E-state index in [2.05, 4.69) is 0 Å². The summed E-state index contributed by atoms with van der Waals surface area (Å²) in [6.45, 7) is 1.67. The van der Waals surface area contributed by atoms with Crippen LogP contribution in [0, 0.1) is 18.6 Å². The fraction of sp³-hybridized carbons (Fsp3) is 0.143. The maximum atomic E-state index is 14.8. The third-order valence-corrected chi connectivity index (χ3v) is 7.24. The van der Waals surface area contributed by atoms with E-state index in [4.69, 9.17) is 8.92 Å². The van der Waals surface area contributed by atoms with Gasteiger partial charge in [-0.05, 0) is 60.0 Å². The second-order valence-electron chi connectivity index (χ2n) is 8.50. The van der Waals surface area contributed by atoms with E-state index in [0.29, 0.717) is 17.7 Å². The van der Waals surface area contributed by atoms with E-state index in [1.807, 2.05) is 43.3 Å². The predicted molar refractivity (Wildman–Crippen MR) is 130 cm³/mol. The number of halogens is 2. The molecule has 0 saturated heterocycles. The minimum absolute atomic E-state index is 0.0686. The molecule has 0 radical (unpaired) electrons. The summed E-state index contributed by atoms with van der Waals surface area (Å²) >= 11 is 0. The van der Waals surface area contributed by atoms with E-state index in [9.17, 15) is 17.2 Å². The summed E-state index contributed by atoms with van der Waals surface area (Å²) in [7, 11) is -3.96. The topological polar surface area (TPSA) is 52.6 Å². The summed E-state index contributed by atoms with van der Waals surface area (Å²) in [6.07, 6.45) is -0.201. The van der Waals surface area contributed by atoms with Crippen molar-refractivity contribution >= 4 is 10.1 Å². The fourth-order valence-corrected chi connectivity index (χ4v) is 5.11. The van der Waals surface area contributed by atoms with Crippen molar-refractivity contribution in [3.63, 3.8) is 0 Å². The van der Waals surface area contributed by atoms with Gasteiger partial charge in [0.05, 0.1) is 4.90 Å². The third kappa shape index (κ3) is 4.83. The molecule has 1 unspecified atom stereocenters. The SMILES string of the molecule is Cc1ccc(S(=O)(=O)OCC2Cc3cc(-c4ccccc4)cc(-c4ccc(F)cc4F)c3O2)cc1. The molecule has 0 N–H and O–H groups in total. The molecule has 1 aliphatic rings. The van der Waals surface area contributed by atoms with Crippen LogP contribution >= 0.6 is 0 Å². The Morgan fingerprint density at radius 2 is 1.63 bits per heavy atom. The average Bonchev–Trinajstić information content (AvgIpc) is 3.27. The Morgan fingerprint density at radius 1 is 0.886 bits per heavy atom. The molecule has 178 valence electrons. The largest absolute Gasteiger partial charge is 0.487 e. The molecule has 0 aliphatic carbocycles. The Kier molecular flexibility index (Phi) is 6.13. The summed E-state index contributed by atoms with van der Waals surface area (Å²) in [5, 5.41) is 0. The number of benzene rings is 4. The van der Waals surface area contributed by atoms with Crippen LogP contribution in [-0.4, -0.2) is 21.1 Å². The highest BCUT2D eigenvalue weighted by atomic mass is 32.2. The van der Waals surface area contributed by atoms with Gasteiger partial charge in [-0.15, -0.1) is 0 Å². The van der Waals surface area contributed by atoms with Crippen LogP contribution in [-0.2, 0) is 20.7 Å². The van der Waals surface area contributed by atoms with E-state index < -0.39 is 27.9 Å². The molecule has 0 fully saturated rings. The van der Waals surface area contributed by atoms with Gasteiger partial charge in [-0.2, -0.15) is 8.42 Å². The number of hydrogen-bond donors (Lipinski definition) is 0. The lowest BCUT2D eigenvalue weighted by Gasteiger charge is -2.15.